The van der Waals surface area contributed by atoms with Gasteiger partial charge >= 0.3 is 0 Å². The Morgan fingerprint density at radius 2 is 1.95 bits per heavy atom. The predicted octanol–water partition coefficient (Wildman–Crippen LogP) is 4.11. The first kappa shape index (κ1) is 15.0. The van der Waals surface area contributed by atoms with Crippen molar-refractivity contribution < 1.29 is 14.6 Å². The van der Waals surface area contributed by atoms with Crippen molar-refractivity contribution in [2.75, 3.05) is 13.7 Å². The number of rotatable bonds is 5. The van der Waals surface area contributed by atoms with Crippen LogP contribution in [0.1, 0.15) is 11.7 Å². The van der Waals surface area contributed by atoms with Crippen LogP contribution in [0.5, 0.6) is 11.5 Å². The van der Waals surface area contributed by atoms with Crippen molar-refractivity contribution in [2.24, 2.45) is 0 Å². The lowest BCUT2D eigenvalue weighted by molar-refractivity contribution is 0.108. The van der Waals surface area contributed by atoms with E-state index in [0.717, 1.165) is 0 Å². The van der Waals surface area contributed by atoms with Crippen molar-refractivity contribution in [3.05, 3.63) is 58.1 Å². The van der Waals surface area contributed by atoms with Gasteiger partial charge in [-0.15, -0.1) is 0 Å². The van der Waals surface area contributed by atoms with Crippen molar-refractivity contribution in [3.63, 3.8) is 0 Å². The van der Waals surface area contributed by atoms with Gasteiger partial charge in [-0.1, -0.05) is 35.3 Å². The summed E-state index contributed by atoms with van der Waals surface area (Å²) in [7, 11) is 1.53. The standard InChI is InChI=1S/C15H14Cl2O3/c1-19-15-7-10(5-6-13(15)17)14(18)9-20-12-4-2-3-11(16)8-12/h2-8,14,18H,9H2,1H3. The van der Waals surface area contributed by atoms with Gasteiger partial charge in [0.05, 0.1) is 12.1 Å². The normalized spacial score (nSPS) is 12.0. The number of aliphatic hydroxyl groups excluding tert-OH is 1. The molecule has 0 aliphatic heterocycles. The molecule has 1 N–H and O–H groups in total. The van der Waals surface area contributed by atoms with Crippen LogP contribution in [-0.2, 0) is 0 Å². The Bertz CT molecular complexity index is 587. The highest BCUT2D eigenvalue weighted by Crippen LogP contribution is 2.28. The van der Waals surface area contributed by atoms with Gasteiger partial charge < -0.3 is 14.6 Å². The molecule has 0 saturated carbocycles. The van der Waals surface area contributed by atoms with E-state index in [1.807, 2.05) is 0 Å². The van der Waals surface area contributed by atoms with E-state index in [4.69, 9.17) is 32.7 Å². The van der Waals surface area contributed by atoms with Gasteiger partial charge in [0.1, 0.15) is 24.2 Å². The van der Waals surface area contributed by atoms with E-state index < -0.39 is 6.10 Å². The number of halogens is 2. The molecule has 1 atom stereocenters. The van der Waals surface area contributed by atoms with E-state index in [1.54, 1.807) is 42.5 Å². The molecule has 0 spiro atoms. The first-order chi connectivity index (χ1) is 9.60. The zero-order valence-corrected chi connectivity index (χ0v) is 12.4. The van der Waals surface area contributed by atoms with E-state index in [9.17, 15) is 5.11 Å². The second kappa shape index (κ2) is 6.84. The molecule has 2 aromatic carbocycles. The Balaban J connectivity index is 2.03. The summed E-state index contributed by atoms with van der Waals surface area (Å²) < 4.78 is 10.6. The number of ether oxygens (including phenoxy) is 2. The SMILES string of the molecule is COc1cc(C(O)COc2cccc(Cl)c2)ccc1Cl. The summed E-state index contributed by atoms with van der Waals surface area (Å²) in [5.41, 5.74) is 0.674. The number of benzene rings is 2. The molecule has 0 aliphatic carbocycles. The van der Waals surface area contributed by atoms with Gasteiger partial charge in [-0.25, -0.2) is 0 Å². The van der Waals surface area contributed by atoms with Gasteiger partial charge in [0.2, 0.25) is 0 Å². The third-order valence-electron chi connectivity index (χ3n) is 2.76. The largest absolute Gasteiger partial charge is 0.495 e. The van der Waals surface area contributed by atoms with Gasteiger partial charge in [0, 0.05) is 5.02 Å². The predicted molar refractivity (Wildman–Crippen MR) is 79.9 cm³/mol. The highest BCUT2D eigenvalue weighted by molar-refractivity contribution is 6.32. The van der Waals surface area contributed by atoms with Crippen LogP contribution >= 0.6 is 23.2 Å². The van der Waals surface area contributed by atoms with Crippen LogP contribution in [0, 0.1) is 0 Å². The first-order valence-electron chi connectivity index (χ1n) is 6.00. The molecule has 0 amide bonds. The van der Waals surface area contributed by atoms with Gasteiger partial charge in [0.15, 0.2) is 0 Å². The topological polar surface area (TPSA) is 38.7 Å². The van der Waals surface area contributed by atoms with E-state index >= 15 is 0 Å². The van der Waals surface area contributed by atoms with Crippen LogP contribution < -0.4 is 9.47 Å². The van der Waals surface area contributed by atoms with Crippen molar-refractivity contribution in [1.29, 1.82) is 0 Å². The zero-order valence-electron chi connectivity index (χ0n) is 10.8. The van der Waals surface area contributed by atoms with E-state index in [0.29, 0.717) is 27.1 Å². The average molecular weight is 313 g/mol. The van der Waals surface area contributed by atoms with Crippen molar-refractivity contribution in [2.45, 2.75) is 6.10 Å². The fraction of sp³-hybridized carbons (Fsp3) is 0.200. The molecule has 0 aliphatic rings. The molecule has 0 saturated heterocycles. The van der Waals surface area contributed by atoms with E-state index in [1.165, 1.54) is 7.11 Å². The quantitative estimate of drug-likeness (QED) is 0.902. The van der Waals surface area contributed by atoms with Crippen molar-refractivity contribution in [1.82, 2.24) is 0 Å². The number of hydrogen-bond acceptors (Lipinski definition) is 3. The third-order valence-corrected chi connectivity index (χ3v) is 3.31. The lowest BCUT2D eigenvalue weighted by atomic mass is 10.1. The van der Waals surface area contributed by atoms with Crippen LogP contribution in [0.15, 0.2) is 42.5 Å². The maximum Gasteiger partial charge on any atom is 0.137 e. The summed E-state index contributed by atoms with van der Waals surface area (Å²) in [6.45, 7) is 0.116. The number of hydrogen-bond donors (Lipinski definition) is 1. The molecule has 20 heavy (non-hydrogen) atoms. The van der Waals surface area contributed by atoms with Crippen LogP contribution in [-0.4, -0.2) is 18.8 Å². The zero-order chi connectivity index (χ0) is 14.5. The Labute approximate surface area is 127 Å². The first-order valence-corrected chi connectivity index (χ1v) is 6.75. The van der Waals surface area contributed by atoms with Gasteiger partial charge in [-0.2, -0.15) is 0 Å². The molecule has 0 radical (unpaired) electrons. The average Bonchev–Trinajstić information content (AvgIpc) is 2.45. The maximum absolute atomic E-state index is 10.1. The third kappa shape index (κ3) is 3.79. The number of methoxy groups -OCH3 is 1. The molecular formula is C15H14Cl2O3. The smallest absolute Gasteiger partial charge is 0.137 e. The molecule has 2 aromatic rings. The Morgan fingerprint density at radius 1 is 1.15 bits per heavy atom. The molecule has 0 fully saturated rings. The molecule has 0 heterocycles. The monoisotopic (exact) mass is 312 g/mol. The Hall–Kier alpha value is -1.42. The van der Waals surface area contributed by atoms with Gasteiger partial charge in [-0.3, -0.25) is 0 Å². The van der Waals surface area contributed by atoms with Gasteiger partial charge in [0.25, 0.3) is 0 Å². The minimum absolute atomic E-state index is 0.116. The summed E-state index contributed by atoms with van der Waals surface area (Å²) in [6, 6.07) is 12.1. The second-order valence-electron chi connectivity index (χ2n) is 4.18. The van der Waals surface area contributed by atoms with Crippen LogP contribution in [0.2, 0.25) is 10.0 Å². The van der Waals surface area contributed by atoms with E-state index in [-0.39, 0.29) is 6.61 Å². The summed E-state index contributed by atoms with van der Waals surface area (Å²) in [5.74, 6) is 1.13. The maximum atomic E-state index is 10.1. The van der Waals surface area contributed by atoms with E-state index in [2.05, 4.69) is 0 Å². The molecule has 106 valence electrons. The molecule has 3 nitrogen and oxygen atoms in total. The fourth-order valence-corrected chi connectivity index (χ4v) is 2.09. The molecule has 2 rings (SSSR count). The molecule has 0 aromatic heterocycles. The molecule has 0 bridgehead atoms. The molecule has 5 heteroatoms. The highest BCUT2D eigenvalue weighted by atomic mass is 35.5. The summed E-state index contributed by atoms with van der Waals surface area (Å²) in [4.78, 5) is 0. The number of aliphatic hydroxyl groups is 1. The van der Waals surface area contributed by atoms with Crippen LogP contribution in [0.3, 0.4) is 0 Å². The summed E-state index contributed by atoms with van der Waals surface area (Å²) >= 11 is 11.8. The van der Waals surface area contributed by atoms with Gasteiger partial charge in [-0.05, 0) is 35.9 Å². The van der Waals surface area contributed by atoms with Crippen LogP contribution in [0.4, 0.5) is 0 Å². The molecular weight excluding hydrogens is 299 g/mol. The highest BCUT2D eigenvalue weighted by Gasteiger charge is 2.11. The Kier molecular flexibility index (Phi) is 5.12. The minimum Gasteiger partial charge on any atom is -0.495 e. The summed E-state index contributed by atoms with van der Waals surface area (Å²) in [5, 5.41) is 11.2. The second-order valence-corrected chi connectivity index (χ2v) is 5.02. The fourth-order valence-electron chi connectivity index (χ4n) is 1.71. The lowest BCUT2D eigenvalue weighted by Gasteiger charge is -2.14. The lowest BCUT2D eigenvalue weighted by Crippen LogP contribution is -2.09. The van der Waals surface area contributed by atoms with Crippen LogP contribution in [0.25, 0.3) is 0 Å². The minimum atomic E-state index is -0.778. The summed E-state index contributed by atoms with van der Waals surface area (Å²) in [6.07, 6.45) is -0.778. The van der Waals surface area contributed by atoms with Crippen molar-refractivity contribution in [3.8, 4) is 11.5 Å². The van der Waals surface area contributed by atoms with Crippen molar-refractivity contribution >= 4 is 23.2 Å². The Morgan fingerprint density at radius 3 is 2.65 bits per heavy atom. The molecule has 1 unspecified atom stereocenters.